The zero-order valence-corrected chi connectivity index (χ0v) is 11.6. The number of Topliss-reactive ketones (excluding diaryl/α,β-unsaturated/α-hetero) is 1. The molecule has 18 heavy (non-hydrogen) atoms. The highest BCUT2D eigenvalue weighted by Gasteiger charge is 2.25. The van der Waals surface area contributed by atoms with E-state index in [1.165, 1.54) is 30.4 Å². The Bertz CT molecular complexity index is 400. The van der Waals surface area contributed by atoms with Gasteiger partial charge in [-0.1, -0.05) is 43.2 Å². The number of hydrogen-bond donors (Lipinski definition) is 0. The SMILES string of the molecule is CCC1CCC(C(=O)Cc2cccc(C)c2)CC1. The lowest BCUT2D eigenvalue weighted by Crippen LogP contribution is -2.23. The minimum atomic E-state index is 0.327. The van der Waals surface area contributed by atoms with Crippen LogP contribution in [0.5, 0.6) is 0 Å². The first-order chi connectivity index (χ1) is 8.69. The molecule has 1 aromatic carbocycles. The molecule has 1 aliphatic carbocycles. The molecular weight excluding hydrogens is 220 g/mol. The average Bonchev–Trinajstić information content (AvgIpc) is 2.39. The molecule has 2 rings (SSSR count). The molecule has 0 aliphatic heterocycles. The highest BCUT2D eigenvalue weighted by atomic mass is 16.1. The van der Waals surface area contributed by atoms with Crippen LogP contribution in [-0.2, 0) is 11.2 Å². The van der Waals surface area contributed by atoms with Crippen molar-refractivity contribution in [3.63, 3.8) is 0 Å². The number of benzene rings is 1. The second-order valence-corrected chi connectivity index (χ2v) is 5.76. The van der Waals surface area contributed by atoms with Gasteiger partial charge in [-0.25, -0.2) is 0 Å². The van der Waals surface area contributed by atoms with Crippen LogP contribution in [0.4, 0.5) is 0 Å². The molecule has 0 atom stereocenters. The first kappa shape index (κ1) is 13.3. The fourth-order valence-electron chi connectivity index (χ4n) is 3.06. The first-order valence-corrected chi connectivity index (χ1v) is 7.27. The van der Waals surface area contributed by atoms with Crippen molar-refractivity contribution in [1.82, 2.24) is 0 Å². The third-order valence-electron chi connectivity index (χ3n) is 4.34. The summed E-state index contributed by atoms with van der Waals surface area (Å²) < 4.78 is 0. The van der Waals surface area contributed by atoms with Gasteiger partial charge in [0.1, 0.15) is 5.78 Å². The maximum absolute atomic E-state index is 12.3. The summed E-state index contributed by atoms with van der Waals surface area (Å²) in [5.74, 6) is 1.65. The van der Waals surface area contributed by atoms with Gasteiger partial charge in [-0.2, -0.15) is 0 Å². The molecule has 0 bridgehead atoms. The fourth-order valence-corrected chi connectivity index (χ4v) is 3.06. The highest BCUT2D eigenvalue weighted by molar-refractivity contribution is 5.83. The predicted octanol–water partition coefficient (Wildman–Crippen LogP) is 4.32. The van der Waals surface area contributed by atoms with Crippen LogP contribution in [0.25, 0.3) is 0 Å². The second-order valence-electron chi connectivity index (χ2n) is 5.76. The Kier molecular flexibility index (Phi) is 4.57. The van der Waals surface area contributed by atoms with Gasteiger partial charge in [0.2, 0.25) is 0 Å². The number of carbonyl (C=O) groups is 1. The number of ketones is 1. The molecule has 0 spiro atoms. The third-order valence-corrected chi connectivity index (χ3v) is 4.34. The van der Waals surface area contributed by atoms with Crippen LogP contribution in [0.15, 0.2) is 24.3 Å². The van der Waals surface area contributed by atoms with E-state index in [0.29, 0.717) is 18.1 Å². The van der Waals surface area contributed by atoms with Gasteiger partial charge >= 0.3 is 0 Å². The van der Waals surface area contributed by atoms with E-state index in [4.69, 9.17) is 0 Å². The Morgan fingerprint density at radius 1 is 1.22 bits per heavy atom. The van der Waals surface area contributed by atoms with E-state index in [-0.39, 0.29) is 0 Å². The first-order valence-electron chi connectivity index (χ1n) is 7.27. The van der Waals surface area contributed by atoms with Gasteiger partial charge in [-0.05, 0) is 44.1 Å². The van der Waals surface area contributed by atoms with Crippen LogP contribution in [-0.4, -0.2) is 5.78 Å². The number of aryl methyl sites for hydroxylation is 1. The Morgan fingerprint density at radius 2 is 1.94 bits per heavy atom. The van der Waals surface area contributed by atoms with Gasteiger partial charge in [-0.3, -0.25) is 4.79 Å². The molecular formula is C17H24O. The zero-order valence-electron chi connectivity index (χ0n) is 11.6. The summed E-state index contributed by atoms with van der Waals surface area (Å²) in [6.07, 6.45) is 6.63. The predicted molar refractivity (Wildman–Crippen MR) is 75.6 cm³/mol. The lowest BCUT2D eigenvalue weighted by molar-refractivity contribution is -0.123. The molecule has 0 radical (unpaired) electrons. The minimum Gasteiger partial charge on any atom is -0.299 e. The minimum absolute atomic E-state index is 0.327. The Balaban J connectivity index is 1.89. The van der Waals surface area contributed by atoms with Crippen molar-refractivity contribution in [2.45, 2.75) is 52.4 Å². The summed E-state index contributed by atoms with van der Waals surface area (Å²) in [6, 6.07) is 8.34. The molecule has 0 heterocycles. The molecule has 1 saturated carbocycles. The van der Waals surface area contributed by atoms with Crippen LogP contribution in [0.2, 0.25) is 0 Å². The van der Waals surface area contributed by atoms with Gasteiger partial charge in [0, 0.05) is 12.3 Å². The molecule has 1 heteroatoms. The summed E-state index contributed by atoms with van der Waals surface area (Å²) >= 11 is 0. The second kappa shape index (κ2) is 6.17. The van der Waals surface area contributed by atoms with Crippen LogP contribution < -0.4 is 0 Å². The Hall–Kier alpha value is -1.11. The number of rotatable bonds is 4. The number of hydrogen-bond acceptors (Lipinski definition) is 1. The average molecular weight is 244 g/mol. The molecule has 98 valence electrons. The summed E-state index contributed by atoms with van der Waals surface area (Å²) in [5.41, 5.74) is 2.42. The largest absolute Gasteiger partial charge is 0.299 e. The maximum atomic E-state index is 12.3. The Labute approximate surface area is 111 Å². The van der Waals surface area contributed by atoms with Gasteiger partial charge in [-0.15, -0.1) is 0 Å². The van der Waals surface area contributed by atoms with Gasteiger partial charge in [0.15, 0.2) is 0 Å². The monoisotopic (exact) mass is 244 g/mol. The van der Waals surface area contributed by atoms with E-state index in [1.54, 1.807) is 0 Å². The smallest absolute Gasteiger partial charge is 0.140 e. The lowest BCUT2D eigenvalue weighted by Gasteiger charge is -2.26. The zero-order chi connectivity index (χ0) is 13.0. The lowest BCUT2D eigenvalue weighted by atomic mass is 9.78. The van der Waals surface area contributed by atoms with Crippen molar-refractivity contribution < 1.29 is 4.79 Å². The van der Waals surface area contributed by atoms with Crippen LogP contribution in [0.1, 0.15) is 50.2 Å². The van der Waals surface area contributed by atoms with Crippen molar-refractivity contribution >= 4 is 5.78 Å². The standard InChI is InChI=1S/C17H24O/c1-3-14-7-9-16(10-8-14)17(18)12-15-6-4-5-13(2)11-15/h4-6,11,14,16H,3,7-10,12H2,1-2H3. The topological polar surface area (TPSA) is 17.1 Å². The molecule has 0 aromatic heterocycles. The summed E-state index contributed by atoms with van der Waals surface area (Å²) in [6.45, 7) is 4.35. The van der Waals surface area contributed by atoms with Crippen LogP contribution in [0.3, 0.4) is 0 Å². The molecule has 0 saturated heterocycles. The molecule has 1 aliphatic rings. The third kappa shape index (κ3) is 3.44. The van der Waals surface area contributed by atoms with Crippen LogP contribution >= 0.6 is 0 Å². The van der Waals surface area contributed by atoms with Gasteiger partial charge in [0.05, 0.1) is 0 Å². The molecule has 1 nitrogen and oxygen atoms in total. The highest BCUT2D eigenvalue weighted by Crippen LogP contribution is 2.31. The molecule has 0 unspecified atom stereocenters. The summed E-state index contributed by atoms with van der Waals surface area (Å²) in [4.78, 5) is 12.3. The van der Waals surface area contributed by atoms with E-state index < -0.39 is 0 Å². The van der Waals surface area contributed by atoms with Crippen molar-refractivity contribution in [3.8, 4) is 0 Å². The van der Waals surface area contributed by atoms with Crippen molar-refractivity contribution in [3.05, 3.63) is 35.4 Å². The molecule has 1 aromatic rings. The molecule has 0 N–H and O–H groups in total. The van der Waals surface area contributed by atoms with Crippen molar-refractivity contribution in [2.24, 2.45) is 11.8 Å². The van der Waals surface area contributed by atoms with E-state index >= 15 is 0 Å². The van der Waals surface area contributed by atoms with E-state index in [2.05, 4.69) is 32.0 Å². The number of carbonyl (C=O) groups excluding carboxylic acids is 1. The van der Waals surface area contributed by atoms with Crippen molar-refractivity contribution in [1.29, 1.82) is 0 Å². The summed E-state index contributed by atoms with van der Waals surface area (Å²) in [7, 11) is 0. The van der Waals surface area contributed by atoms with Gasteiger partial charge < -0.3 is 0 Å². The van der Waals surface area contributed by atoms with Crippen molar-refractivity contribution in [2.75, 3.05) is 0 Å². The fraction of sp³-hybridized carbons (Fsp3) is 0.588. The Morgan fingerprint density at radius 3 is 2.56 bits per heavy atom. The van der Waals surface area contributed by atoms with E-state index in [0.717, 1.165) is 18.8 Å². The van der Waals surface area contributed by atoms with E-state index in [9.17, 15) is 4.79 Å². The van der Waals surface area contributed by atoms with Crippen LogP contribution in [0, 0.1) is 18.8 Å². The molecule has 0 amide bonds. The van der Waals surface area contributed by atoms with E-state index in [1.807, 2.05) is 6.07 Å². The summed E-state index contributed by atoms with van der Waals surface area (Å²) in [5, 5.41) is 0. The normalized spacial score (nSPS) is 23.9. The maximum Gasteiger partial charge on any atom is 0.140 e. The quantitative estimate of drug-likeness (QED) is 0.770. The molecule has 1 fully saturated rings. The van der Waals surface area contributed by atoms with Gasteiger partial charge in [0.25, 0.3) is 0 Å².